The summed E-state index contributed by atoms with van der Waals surface area (Å²) in [5.41, 5.74) is 1.14. The summed E-state index contributed by atoms with van der Waals surface area (Å²) < 4.78 is 50.7. The average Bonchev–Trinajstić information content (AvgIpc) is 3.14. The first kappa shape index (κ1) is 21.9. The molecule has 0 bridgehead atoms. The van der Waals surface area contributed by atoms with E-state index in [4.69, 9.17) is 4.74 Å². The predicted molar refractivity (Wildman–Crippen MR) is 110 cm³/mol. The number of imidazole rings is 1. The quantitative estimate of drug-likeness (QED) is 0.512. The Bertz CT molecular complexity index is 1100. The van der Waals surface area contributed by atoms with Crippen LogP contribution in [0.4, 0.5) is 18.9 Å². The number of nitrogens with one attached hydrogen (secondary N) is 1. The van der Waals surface area contributed by atoms with E-state index in [-0.39, 0.29) is 23.8 Å². The molecular weight excluding hydrogens is 411 g/mol. The van der Waals surface area contributed by atoms with Gasteiger partial charge in [-0.2, -0.15) is 8.78 Å². The second-order valence-corrected chi connectivity index (χ2v) is 6.35. The Morgan fingerprint density at radius 1 is 1.23 bits per heavy atom. The number of alkyl halides is 2. The van der Waals surface area contributed by atoms with Crippen molar-refractivity contribution < 1.29 is 27.4 Å². The van der Waals surface area contributed by atoms with Crippen molar-refractivity contribution in [2.24, 2.45) is 0 Å². The van der Waals surface area contributed by atoms with Crippen molar-refractivity contribution in [2.75, 3.05) is 11.9 Å². The number of amides is 1. The Morgan fingerprint density at radius 3 is 2.68 bits per heavy atom. The molecule has 0 radical (unpaired) electrons. The lowest BCUT2D eigenvalue weighted by Gasteiger charge is -2.11. The molecule has 0 spiro atoms. The third-order valence-electron chi connectivity index (χ3n) is 4.21. The van der Waals surface area contributed by atoms with Gasteiger partial charge in [-0.05, 0) is 55.8 Å². The monoisotopic (exact) mass is 431 g/mol. The van der Waals surface area contributed by atoms with E-state index in [1.807, 2.05) is 0 Å². The lowest BCUT2D eigenvalue weighted by atomic mass is 10.2. The van der Waals surface area contributed by atoms with Crippen LogP contribution in [0.25, 0.3) is 11.8 Å². The number of hydrogen-bond donors (Lipinski definition) is 1. The van der Waals surface area contributed by atoms with E-state index >= 15 is 0 Å². The molecule has 2 aromatic carbocycles. The standard InChI is InChI=1S/C22H20F3N3O3/c1-3-30-20-12-15(4-8-19(20)31-22(24)25)5-9-21(29)27-16-6-7-18(17(23)13-16)28-11-10-26-14(28)2/h4-13,22H,3H2,1-2H3,(H,27,29)/b9-5+. The van der Waals surface area contributed by atoms with Crippen molar-refractivity contribution in [2.45, 2.75) is 20.5 Å². The minimum absolute atomic E-state index is 0.0952. The van der Waals surface area contributed by atoms with Crippen molar-refractivity contribution in [1.82, 2.24) is 9.55 Å². The highest BCUT2D eigenvalue weighted by atomic mass is 19.3. The van der Waals surface area contributed by atoms with Crippen LogP contribution in [0.15, 0.2) is 54.9 Å². The van der Waals surface area contributed by atoms with Gasteiger partial charge in [0.15, 0.2) is 11.5 Å². The first-order valence-corrected chi connectivity index (χ1v) is 9.38. The molecule has 0 unspecified atom stereocenters. The number of carbonyl (C=O) groups excluding carboxylic acids is 1. The number of ether oxygens (including phenoxy) is 2. The first-order valence-electron chi connectivity index (χ1n) is 9.38. The summed E-state index contributed by atoms with van der Waals surface area (Å²) in [5.74, 6) is -0.328. The molecule has 1 N–H and O–H groups in total. The number of nitrogens with zero attached hydrogens (tertiary/aromatic N) is 2. The van der Waals surface area contributed by atoms with Gasteiger partial charge in [0, 0.05) is 24.2 Å². The van der Waals surface area contributed by atoms with Gasteiger partial charge in [-0.25, -0.2) is 9.37 Å². The highest BCUT2D eigenvalue weighted by Crippen LogP contribution is 2.30. The Labute approximate surface area is 176 Å². The molecule has 0 aliphatic carbocycles. The molecule has 1 amide bonds. The van der Waals surface area contributed by atoms with Gasteiger partial charge in [-0.3, -0.25) is 4.79 Å². The maximum atomic E-state index is 14.4. The van der Waals surface area contributed by atoms with Crippen LogP contribution in [0, 0.1) is 12.7 Å². The molecule has 0 fully saturated rings. The van der Waals surface area contributed by atoms with Crippen LogP contribution >= 0.6 is 0 Å². The molecule has 1 heterocycles. The van der Waals surface area contributed by atoms with Crippen molar-refractivity contribution in [3.05, 3.63) is 72.1 Å². The van der Waals surface area contributed by atoms with Crippen molar-refractivity contribution in [3.63, 3.8) is 0 Å². The lowest BCUT2D eigenvalue weighted by molar-refractivity contribution is -0.111. The zero-order valence-electron chi connectivity index (χ0n) is 16.8. The molecule has 3 aromatic rings. The van der Waals surface area contributed by atoms with Gasteiger partial charge in [-0.15, -0.1) is 0 Å². The molecule has 31 heavy (non-hydrogen) atoms. The Hall–Kier alpha value is -3.75. The third-order valence-corrected chi connectivity index (χ3v) is 4.21. The highest BCUT2D eigenvalue weighted by Gasteiger charge is 2.12. The second kappa shape index (κ2) is 9.84. The Kier molecular flexibility index (Phi) is 6.96. The van der Waals surface area contributed by atoms with Crippen LogP contribution in [0.1, 0.15) is 18.3 Å². The molecule has 9 heteroatoms. The van der Waals surface area contributed by atoms with Gasteiger partial charge in [-0.1, -0.05) is 6.07 Å². The normalized spacial score (nSPS) is 11.2. The zero-order valence-corrected chi connectivity index (χ0v) is 16.8. The van der Waals surface area contributed by atoms with Gasteiger partial charge in [0.05, 0.1) is 12.3 Å². The van der Waals surface area contributed by atoms with Gasteiger partial charge < -0.3 is 19.4 Å². The fraction of sp³-hybridized carbons (Fsp3) is 0.182. The van der Waals surface area contributed by atoms with E-state index in [9.17, 15) is 18.0 Å². The van der Waals surface area contributed by atoms with E-state index in [0.29, 0.717) is 17.1 Å². The fourth-order valence-electron chi connectivity index (χ4n) is 2.86. The molecule has 0 aliphatic heterocycles. The lowest BCUT2D eigenvalue weighted by Crippen LogP contribution is -2.09. The number of benzene rings is 2. The smallest absolute Gasteiger partial charge is 0.387 e. The van der Waals surface area contributed by atoms with Crippen LogP contribution in [-0.4, -0.2) is 28.7 Å². The summed E-state index contributed by atoms with van der Waals surface area (Å²) in [4.78, 5) is 16.3. The van der Waals surface area contributed by atoms with Crippen LogP contribution in [0.2, 0.25) is 0 Å². The maximum Gasteiger partial charge on any atom is 0.387 e. The van der Waals surface area contributed by atoms with Gasteiger partial charge in [0.1, 0.15) is 11.6 Å². The number of anilines is 1. The number of hydrogen-bond acceptors (Lipinski definition) is 4. The zero-order chi connectivity index (χ0) is 22.4. The van der Waals surface area contributed by atoms with Crippen molar-refractivity contribution in [3.8, 4) is 17.2 Å². The molecule has 3 rings (SSSR count). The average molecular weight is 431 g/mol. The number of aromatic nitrogens is 2. The molecule has 6 nitrogen and oxygen atoms in total. The second-order valence-electron chi connectivity index (χ2n) is 6.35. The minimum Gasteiger partial charge on any atom is -0.490 e. The highest BCUT2D eigenvalue weighted by molar-refractivity contribution is 6.02. The summed E-state index contributed by atoms with van der Waals surface area (Å²) in [6.07, 6.45) is 5.93. The summed E-state index contributed by atoms with van der Waals surface area (Å²) in [5, 5.41) is 2.57. The first-order chi connectivity index (χ1) is 14.9. The number of carbonyl (C=O) groups is 1. The van der Waals surface area contributed by atoms with Gasteiger partial charge >= 0.3 is 6.61 Å². The van der Waals surface area contributed by atoms with Crippen LogP contribution < -0.4 is 14.8 Å². The van der Waals surface area contributed by atoms with E-state index in [0.717, 1.165) is 0 Å². The summed E-state index contributed by atoms with van der Waals surface area (Å²) >= 11 is 0. The summed E-state index contributed by atoms with van der Waals surface area (Å²) in [7, 11) is 0. The molecular formula is C22H20F3N3O3. The van der Waals surface area contributed by atoms with Crippen LogP contribution in [-0.2, 0) is 4.79 Å². The van der Waals surface area contributed by atoms with Crippen LogP contribution in [0.5, 0.6) is 11.5 Å². The molecule has 162 valence electrons. The SMILES string of the molecule is CCOc1cc(/C=C/C(=O)Nc2ccc(-n3ccnc3C)c(F)c2)ccc1OC(F)F. The Balaban J connectivity index is 1.70. The van der Waals surface area contributed by atoms with Crippen molar-refractivity contribution in [1.29, 1.82) is 0 Å². The fourth-order valence-corrected chi connectivity index (χ4v) is 2.86. The van der Waals surface area contributed by atoms with E-state index in [1.54, 1.807) is 42.9 Å². The molecule has 0 saturated heterocycles. The van der Waals surface area contributed by atoms with E-state index in [1.165, 1.54) is 36.4 Å². The minimum atomic E-state index is -2.98. The molecule has 0 atom stereocenters. The maximum absolute atomic E-state index is 14.4. The van der Waals surface area contributed by atoms with E-state index in [2.05, 4.69) is 15.0 Å². The van der Waals surface area contributed by atoms with Gasteiger partial charge in [0.25, 0.3) is 0 Å². The number of rotatable bonds is 8. The third kappa shape index (κ3) is 5.65. The predicted octanol–water partition coefficient (Wildman–Crippen LogP) is 4.97. The van der Waals surface area contributed by atoms with Crippen molar-refractivity contribution >= 4 is 17.7 Å². The summed E-state index contributed by atoms with van der Waals surface area (Å²) in [6, 6.07) is 8.65. The summed E-state index contributed by atoms with van der Waals surface area (Å²) in [6.45, 7) is 0.743. The largest absolute Gasteiger partial charge is 0.490 e. The molecule has 0 aliphatic rings. The van der Waals surface area contributed by atoms with E-state index < -0.39 is 18.3 Å². The molecule has 0 saturated carbocycles. The number of halogens is 3. The topological polar surface area (TPSA) is 65.4 Å². The Morgan fingerprint density at radius 2 is 2.03 bits per heavy atom. The molecule has 1 aromatic heterocycles. The van der Waals surface area contributed by atoms with Crippen LogP contribution in [0.3, 0.4) is 0 Å². The number of aryl methyl sites for hydroxylation is 1. The van der Waals surface area contributed by atoms with Gasteiger partial charge in [0.2, 0.25) is 5.91 Å².